The summed E-state index contributed by atoms with van der Waals surface area (Å²) < 4.78 is 5.45. The minimum Gasteiger partial charge on any atom is -0.478 e. The number of aromatic carboxylic acids is 1. The van der Waals surface area contributed by atoms with E-state index < -0.39 is 5.97 Å². The van der Waals surface area contributed by atoms with Crippen LogP contribution >= 0.6 is 0 Å². The van der Waals surface area contributed by atoms with E-state index in [1.807, 2.05) is 11.8 Å². The average Bonchev–Trinajstić information content (AvgIpc) is 2.52. The van der Waals surface area contributed by atoms with Gasteiger partial charge in [-0.3, -0.25) is 4.79 Å². The summed E-state index contributed by atoms with van der Waals surface area (Å²) in [6.45, 7) is 4.82. The molecule has 0 saturated carbocycles. The first kappa shape index (κ1) is 15.5. The molecular weight excluding hydrogens is 270 g/mol. The second kappa shape index (κ2) is 7.22. The van der Waals surface area contributed by atoms with Gasteiger partial charge in [-0.05, 0) is 49.9 Å². The number of nitrogens with zero attached hydrogens (tertiary/aromatic N) is 1. The van der Waals surface area contributed by atoms with Crippen LogP contribution in [0, 0.1) is 5.92 Å². The van der Waals surface area contributed by atoms with E-state index in [2.05, 4.69) is 0 Å². The van der Waals surface area contributed by atoms with Crippen LogP contribution in [0.25, 0.3) is 0 Å². The Balaban J connectivity index is 2.00. The van der Waals surface area contributed by atoms with Crippen LogP contribution in [0.5, 0.6) is 0 Å². The SMILES string of the molecule is CCOCC1CCCN(C(=O)c2ccc(C(=O)O)cc2)C1. The van der Waals surface area contributed by atoms with Crippen molar-refractivity contribution in [1.82, 2.24) is 4.90 Å². The van der Waals surface area contributed by atoms with Crippen molar-refractivity contribution in [3.05, 3.63) is 35.4 Å². The minimum atomic E-state index is -0.983. The molecule has 1 amide bonds. The molecule has 0 aromatic heterocycles. The van der Waals surface area contributed by atoms with Crippen molar-refractivity contribution < 1.29 is 19.4 Å². The lowest BCUT2D eigenvalue weighted by atomic mass is 9.98. The molecule has 0 bridgehead atoms. The van der Waals surface area contributed by atoms with Gasteiger partial charge in [0.1, 0.15) is 0 Å². The lowest BCUT2D eigenvalue weighted by Crippen LogP contribution is -2.41. The molecule has 1 aromatic carbocycles. The van der Waals surface area contributed by atoms with Crippen LogP contribution in [0.1, 0.15) is 40.5 Å². The lowest BCUT2D eigenvalue weighted by Gasteiger charge is -2.32. The third-order valence-corrected chi connectivity index (χ3v) is 3.74. The van der Waals surface area contributed by atoms with Gasteiger partial charge in [-0.15, -0.1) is 0 Å². The highest BCUT2D eigenvalue weighted by Crippen LogP contribution is 2.19. The van der Waals surface area contributed by atoms with Crippen LogP contribution in [0.2, 0.25) is 0 Å². The highest BCUT2D eigenvalue weighted by Gasteiger charge is 2.24. The van der Waals surface area contributed by atoms with E-state index in [4.69, 9.17) is 9.84 Å². The molecule has 0 aliphatic carbocycles. The van der Waals surface area contributed by atoms with Crippen molar-refractivity contribution in [2.24, 2.45) is 5.92 Å². The van der Waals surface area contributed by atoms with Crippen molar-refractivity contribution in [2.75, 3.05) is 26.3 Å². The van der Waals surface area contributed by atoms with Gasteiger partial charge in [0, 0.05) is 25.3 Å². The molecule has 1 N–H and O–H groups in total. The summed E-state index contributed by atoms with van der Waals surface area (Å²) in [5.41, 5.74) is 0.733. The maximum absolute atomic E-state index is 12.4. The van der Waals surface area contributed by atoms with Crippen LogP contribution in [0.15, 0.2) is 24.3 Å². The predicted molar refractivity (Wildman–Crippen MR) is 78.5 cm³/mol. The van der Waals surface area contributed by atoms with Crippen molar-refractivity contribution >= 4 is 11.9 Å². The molecule has 1 saturated heterocycles. The Labute approximate surface area is 124 Å². The molecule has 114 valence electrons. The third kappa shape index (κ3) is 4.04. The molecule has 0 radical (unpaired) electrons. The minimum absolute atomic E-state index is 0.0341. The zero-order valence-electron chi connectivity index (χ0n) is 12.2. The number of rotatable bonds is 5. The van der Waals surface area contributed by atoms with E-state index in [9.17, 15) is 9.59 Å². The number of amides is 1. The van der Waals surface area contributed by atoms with E-state index in [-0.39, 0.29) is 11.5 Å². The summed E-state index contributed by atoms with van der Waals surface area (Å²) in [7, 11) is 0. The lowest BCUT2D eigenvalue weighted by molar-refractivity contribution is 0.0500. The summed E-state index contributed by atoms with van der Waals surface area (Å²) in [6.07, 6.45) is 2.07. The number of benzene rings is 1. The van der Waals surface area contributed by atoms with Crippen molar-refractivity contribution in [3.63, 3.8) is 0 Å². The van der Waals surface area contributed by atoms with Crippen LogP contribution in [-0.2, 0) is 4.74 Å². The molecule has 1 unspecified atom stereocenters. The van der Waals surface area contributed by atoms with Crippen LogP contribution in [0.3, 0.4) is 0 Å². The van der Waals surface area contributed by atoms with E-state index >= 15 is 0 Å². The number of carboxylic acids is 1. The van der Waals surface area contributed by atoms with Crippen LogP contribution < -0.4 is 0 Å². The monoisotopic (exact) mass is 291 g/mol. The molecule has 1 aromatic rings. The zero-order chi connectivity index (χ0) is 15.2. The number of likely N-dealkylation sites (tertiary alicyclic amines) is 1. The Morgan fingerprint density at radius 1 is 1.29 bits per heavy atom. The number of carbonyl (C=O) groups is 2. The first-order chi connectivity index (χ1) is 10.1. The normalized spacial score (nSPS) is 18.5. The number of ether oxygens (including phenoxy) is 1. The second-order valence-electron chi connectivity index (χ2n) is 5.30. The zero-order valence-corrected chi connectivity index (χ0v) is 12.2. The molecule has 5 heteroatoms. The Morgan fingerprint density at radius 2 is 1.95 bits per heavy atom. The summed E-state index contributed by atoms with van der Waals surface area (Å²) in [6, 6.07) is 6.10. The maximum atomic E-state index is 12.4. The van der Waals surface area contributed by atoms with E-state index in [1.165, 1.54) is 12.1 Å². The fourth-order valence-electron chi connectivity index (χ4n) is 2.61. The second-order valence-corrected chi connectivity index (χ2v) is 5.30. The van der Waals surface area contributed by atoms with Gasteiger partial charge in [0.25, 0.3) is 5.91 Å². The summed E-state index contributed by atoms with van der Waals surface area (Å²) >= 11 is 0. The average molecular weight is 291 g/mol. The fraction of sp³-hybridized carbons (Fsp3) is 0.500. The molecule has 5 nitrogen and oxygen atoms in total. The molecule has 2 rings (SSSR count). The van der Waals surface area contributed by atoms with Gasteiger partial charge in [-0.1, -0.05) is 0 Å². The fourth-order valence-corrected chi connectivity index (χ4v) is 2.61. The van der Waals surface area contributed by atoms with Gasteiger partial charge in [-0.25, -0.2) is 4.79 Å². The Hall–Kier alpha value is -1.88. The molecule has 1 heterocycles. The van der Waals surface area contributed by atoms with Gasteiger partial charge < -0.3 is 14.7 Å². The predicted octanol–water partition coefficient (Wildman–Crippen LogP) is 2.27. The number of piperidine rings is 1. The summed E-state index contributed by atoms with van der Waals surface area (Å²) in [5, 5.41) is 8.87. The molecular formula is C16H21NO4. The largest absolute Gasteiger partial charge is 0.478 e. The molecule has 21 heavy (non-hydrogen) atoms. The van der Waals surface area contributed by atoms with Crippen LogP contribution in [0.4, 0.5) is 0 Å². The van der Waals surface area contributed by atoms with Gasteiger partial charge in [0.2, 0.25) is 0 Å². The molecule has 1 aliphatic rings. The van der Waals surface area contributed by atoms with E-state index in [0.717, 1.165) is 19.4 Å². The number of hydrogen-bond donors (Lipinski definition) is 1. The van der Waals surface area contributed by atoms with E-state index in [0.29, 0.717) is 31.2 Å². The highest BCUT2D eigenvalue weighted by molar-refractivity contribution is 5.95. The standard InChI is InChI=1S/C16H21NO4/c1-2-21-11-12-4-3-9-17(10-12)15(18)13-5-7-14(8-6-13)16(19)20/h5-8,12H,2-4,9-11H2,1H3,(H,19,20). The van der Waals surface area contributed by atoms with Crippen molar-refractivity contribution in [3.8, 4) is 0 Å². The third-order valence-electron chi connectivity index (χ3n) is 3.74. The first-order valence-electron chi connectivity index (χ1n) is 7.32. The van der Waals surface area contributed by atoms with Gasteiger partial charge in [0.15, 0.2) is 0 Å². The summed E-state index contributed by atoms with van der Waals surface area (Å²) in [5.74, 6) is -0.627. The van der Waals surface area contributed by atoms with Crippen LogP contribution in [-0.4, -0.2) is 48.2 Å². The smallest absolute Gasteiger partial charge is 0.335 e. The number of carbonyl (C=O) groups excluding carboxylic acids is 1. The van der Waals surface area contributed by atoms with Crippen molar-refractivity contribution in [2.45, 2.75) is 19.8 Å². The first-order valence-corrected chi connectivity index (χ1v) is 7.32. The summed E-state index contributed by atoms with van der Waals surface area (Å²) in [4.78, 5) is 25.1. The van der Waals surface area contributed by atoms with E-state index in [1.54, 1.807) is 12.1 Å². The highest BCUT2D eigenvalue weighted by atomic mass is 16.5. The topological polar surface area (TPSA) is 66.8 Å². The van der Waals surface area contributed by atoms with Gasteiger partial charge in [-0.2, -0.15) is 0 Å². The molecule has 0 spiro atoms. The number of carboxylic acid groups (broad SMARTS) is 1. The number of hydrogen-bond acceptors (Lipinski definition) is 3. The Morgan fingerprint density at radius 3 is 2.57 bits per heavy atom. The molecule has 1 atom stereocenters. The van der Waals surface area contributed by atoms with Gasteiger partial charge in [0.05, 0.1) is 12.2 Å². The Kier molecular flexibility index (Phi) is 5.33. The maximum Gasteiger partial charge on any atom is 0.335 e. The Bertz CT molecular complexity index is 498. The molecule has 1 aliphatic heterocycles. The van der Waals surface area contributed by atoms with Crippen molar-refractivity contribution in [1.29, 1.82) is 0 Å². The molecule has 1 fully saturated rings. The van der Waals surface area contributed by atoms with Gasteiger partial charge >= 0.3 is 5.97 Å². The quantitative estimate of drug-likeness (QED) is 0.903.